The molecule has 0 saturated carbocycles. The lowest BCUT2D eigenvalue weighted by molar-refractivity contribution is -0.928. The minimum atomic E-state index is -5.61. The molecule has 0 N–H and O–H groups in total. The molecule has 16 nitrogen and oxygen atoms in total. The number of nitrogens with zero attached hydrogens (tertiary/aromatic N) is 4. The van der Waals surface area contributed by atoms with Crippen LogP contribution in [-0.4, -0.2) is 156 Å². The Bertz CT molecular complexity index is 1160. The van der Waals surface area contributed by atoms with Gasteiger partial charge < -0.3 is 46.2 Å². The Kier molecular flexibility index (Phi) is 55.7. The van der Waals surface area contributed by atoms with E-state index in [1.807, 2.05) is 0 Å². The Morgan fingerprint density at radius 2 is 0.348 bits per heavy atom. The molecular formula is C48H108N4O12P4Si. The van der Waals surface area contributed by atoms with Gasteiger partial charge in [-0.15, -0.1) is 0 Å². The van der Waals surface area contributed by atoms with Crippen LogP contribution in [0.1, 0.15) is 186 Å². The second kappa shape index (κ2) is 49.7. The van der Waals surface area contributed by atoms with Crippen LogP contribution in [-0.2, 0) is 36.5 Å². The van der Waals surface area contributed by atoms with E-state index in [-0.39, 0.29) is 0 Å². The molecule has 0 aromatic heterocycles. The molecule has 69 heavy (non-hydrogen) atoms. The predicted molar refractivity (Wildman–Crippen MR) is 279 cm³/mol. The van der Waals surface area contributed by atoms with E-state index in [1.165, 1.54) is 156 Å². The van der Waals surface area contributed by atoms with Gasteiger partial charge in [-0.1, -0.05) is 83.1 Å². The van der Waals surface area contributed by atoms with E-state index in [9.17, 15) is 36.5 Å². The van der Waals surface area contributed by atoms with E-state index >= 15 is 0 Å². The summed E-state index contributed by atoms with van der Waals surface area (Å²) >= 11 is 0. The maximum atomic E-state index is 10.6. The van der Waals surface area contributed by atoms with Crippen molar-refractivity contribution in [3.63, 3.8) is 0 Å². The molecule has 0 aromatic rings. The lowest BCUT2D eigenvalue weighted by Gasteiger charge is -2.67. The fourth-order valence-corrected chi connectivity index (χ4v) is 12.1. The first-order chi connectivity index (χ1) is 32.4. The summed E-state index contributed by atoms with van der Waals surface area (Å²) in [5.41, 5.74) is 0. The number of hydrogen-bond donors (Lipinski definition) is 0. The van der Waals surface area contributed by atoms with Crippen LogP contribution in [0.15, 0.2) is 0 Å². The van der Waals surface area contributed by atoms with E-state index in [0.717, 1.165) is 69.8 Å². The number of hydrogen-bond acceptors (Lipinski definition) is 12. The molecule has 0 radical (unpaired) electrons. The summed E-state index contributed by atoms with van der Waals surface area (Å²) < 4.78 is 89.2. The zero-order valence-corrected chi connectivity index (χ0v) is 51.0. The van der Waals surface area contributed by atoms with Crippen LogP contribution in [0.5, 0.6) is 0 Å². The average Bonchev–Trinajstić information content (AvgIpc) is 3.22. The molecular weight excluding hydrogens is 977 g/mol. The van der Waals surface area contributed by atoms with E-state index < -0.39 is 39.8 Å². The Morgan fingerprint density at radius 3 is 0.420 bits per heavy atom. The van der Waals surface area contributed by atoms with Crippen molar-refractivity contribution in [1.29, 1.82) is 0 Å². The summed E-state index contributed by atoms with van der Waals surface area (Å²) in [7, 11) is -14.4. The van der Waals surface area contributed by atoms with Gasteiger partial charge in [-0.25, -0.2) is 36.5 Å². The van der Waals surface area contributed by atoms with Gasteiger partial charge >= 0.3 is 30.7 Å². The van der Waals surface area contributed by atoms with Crippen molar-refractivity contribution < 1.29 is 73.6 Å². The van der Waals surface area contributed by atoms with Crippen LogP contribution < -0.4 is 19.2 Å². The standard InChI is InChI=1S/4C12H27NO2P.O4Si/c4*1-4-8-13(9-5-2,10-6-3)11-7-12-16(14)15;1-5(2,3)4/h4*4-12H2,1-3H3;/q4*+1;-4. The Morgan fingerprint density at radius 1 is 0.246 bits per heavy atom. The SMILES string of the molecule is CCC[N+](CCC)(CCC)CCCP(=O)=O.CCC[N+](CCC)(CCC)CCCP(=O)=O.CCC[N+](CCC)(CCC)CCCP(=O)=O.CCC[N+](CCC)(CCC)CCCP(=O)=O.[O-][Si]([O-])([O-])[O-]. The quantitative estimate of drug-likeness (QED) is 0.0318. The minimum absolute atomic E-state index is 0.354. The first kappa shape index (κ1) is 77.4. The number of rotatable bonds is 40. The fraction of sp³-hybridized carbons (Fsp3) is 1.00. The lowest BCUT2D eigenvalue weighted by atomic mass is 10.2. The molecule has 0 amide bonds. The van der Waals surface area contributed by atoms with Crippen LogP contribution in [0.4, 0.5) is 0 Å². The topological polar surface area (TPSA) is 229 Å². The highest BCUT2D eigenvalue weighted by Gasteiger charge is 2.27. The van der Waals surface area contributed by atoms with Crippen LogP contribution in [0.2, 0.25) is 0 Å². The van der Waals surface area contributed by atoms with Crippen molar-refractivity contribution in [3.05, 3.63) is 0 Å². The molecule has 21 heteroatoms. The summed E-state index contributed by atoms with van der Waals surface area (Å²) in [5.74, 6) is 0. The van der Waals surface area contributed by atoms with E-state index in [0.29, 0.717) is 24.6 Å². The van der Waals surface area contributed by atoms with Crippen LogP contribution in [0.25, 0.3) is 0 Å². The minimum Gasteiger partial charge on any atom is -0.894 e. The van der Waals surface area contributed by atoms with Gasteiger partial charge in [0.15, 0.2) is 0 Å². The molecule has 0 heterocycles. The van der Waals surface area contributed by atoms with Crippen LogP contribution in [0.3, 0.4) is 0 Å². The van der Waals surface area contributed by atoms with Crippen LogP contribution >= 0.6 is 30.7 Å². The summed E-state index contributed by atoms with van der Waals surface area (Å²) in [6.07, 6.45) is 18.9. The summed E-state index contributed by atoms with van der Waals surface area (Å²) in [6, 6.07) is 0. The molecule has 0 aliphatic carbocycles. The van der Waals surface area contributed by atoms with Gasteiger partial charge in [0, 0.05) is 25.7 Å². The second-order valence-electron chi connectivity index (χ2n) is 19.1. The molecule has 0 saturated heterocycles. The third-order valence-electron chi connectivity index (χ3n) is 12.3. The van der Waals surface area contributed by atoms with Crippen molar-refractivity contribution in [3.8, 4) is 0 Å². The van der Waals surface area contributed by atoms with Gasteiger partial charge in [0.25, 0.3) is 0 Å². The molecule has 0 atom stereocenters. The predicted octanol–water partition coefficient (Wildman–Crippen LogP) is 9.25. The zero-order valence-electron chi connectivity index (χ0n) is 46.4. The van der Waals surface area contributed by atoms with E-state index in [4.69, 9.17) is 19.2 Å². The highest BCUT2D eigenvalue weighted by Crippen LogP contribution is 2.19. The first-order valence-electron chi connectivity index (χ1n) is 27.1. The summed E-state index contributed by atoms with van der Waals surface area (Å²) in [6.45, 7) is 45.0. The monoisotopic (exact) mass is 1080 g/mol. The zero-order chi connectivity index (χ0) is 54.3. The maximum Gasteiger partial charge on any atom is 0.315 e. The van der Waals surface area contributed by atoms with Gasteiger partial charge in [-0.05, 0) is 77.0 Å². The Hall–Kier alpha value is -0.503. The van der Waals surface area contributed by atoms with Crippen molar-refractivity contribution in [2.45, 2.75) is 186 Å². The molecule has 0 rings (SSSR count). The Labute approximate surface area is 426 Å². The fourth-order valence-electron chi connectivity index (χ4n) is 10.5. The van der Waals surface area contributed by atoms with Crippen molar-refractivity contribution in [2.75, 3.05) is 129 Å². The smallest absolute Gasteiger partial charge is 0.315 e. The molecule has 0 aliphatic heterocycles. The normalized spacial score (nSPS) is 11.7. The largest absolute Gasteiger partial charge is 0.894 e. The molecule has 0 unspecified atom stereocenters. The molecule has 0 bridgehead atoms. The summed E-state index contributed by atoms with van der Waals surface area (Å²) in [5, 5.41) is 0. The van der Waals surface area contributed by atoms with Crippen molar-refractivity contribution in [1.82, 2.24) is 0 Å². The Balaban J connectivity index is -0.000000255. The maximum absolute atomic E-state index is 10.6. The lowest BCUT2D eigenvalue weighted by Crippen LogP contribution is -2.82. The second-order valence-corrected chi connectivity index (χ2v) is 24.5. The van der Waals surface area contributed by atoms with E-state index in [2.05, 4.69) is 83.1 Å². The van der Waals surface area contributed by atoms with Gasteiger partial charge in [0.1, 0.15) is 0 Å². The molecule has 0 fully saturated rings. The van der Waals surface area contributed by atoms with Crippen LogP contribution in [0, 0.1) is 0 Å². The average molecular weight is 1090 g/mol. The highest BCUT2D eigenvalue weighted by molar-refractivity contribution is 7.31. The first-order valence-corrected chi connectivity index (χ1v) is 34.2. The van der Waals surface area contributed by atoms with Crippen molar-refractivity contribution in [2.24, 2.45) is 0 Å². The van der Waals surface area contributed by atoms with E-state index in [1.54, 1.807) is 0 Å². The third kappa shape index (κ3) is 50.8. The molecule has 0 spiro atoms. The molecule has 416 valence electrons. The number of quaternary nitrogens is 4. The molecule has 0 aromatic carbocycles. The highest BCUT2D eigenvalue weighted by atomic mass is 31.1. The van der Waals surface area contributed by atoms with Gasteiger partial charge in [0.2, 0.25) is 0 Å². The van der Waals surface area contributed by atoms with Gasteiger partial charge in [-0.3, -0.25) is 0 Å². The van der Waals surface area contributed by atoms with Crippen molar-refractivity contribution >= 4 is 39.8 Å². The van der Waals surface area contributed by atoms with Gasteiger partial charge in [0.05, 0.1) is 129 Å². The third-order valence-corrected chi connectivity index (χ3v) is 15.0. The van der Waals surface area contributed by atoms with Gasteiger partial charge in [-0.2, -0.15) is 0 Å². The molecule has 0 aliphatic rings. The summed E-state index contributed by atoms with van der Waals surface area (Å²) in [4.78, 5) is 34.3.